The van der Waals surface area contributed by atoms with Crippen LogP contribution < -0.4 is 0 Å². The average Bonchev–Trinajstić information content (AvgIpc) is 2.84. The van der Waals surface area contributed by atoms with Crippen LogP contribution in [0.4, 0.5) is 0 Å². The van der Waals surface area contributed by atoms with Gasteiger partial charge in [-0.25, -0.2) is 8.42 Å². The number of likely N-dealkylation sites (N-methyl/N-ethyl adjacent to an activating group) is 1. The van der Waals surface area contributed by atoms with Gasteiger partial charge in [-0.2, -0.15) is 4.31 Å². The predicted molar refractivity (Wildman–Crippen MR) is 122 cm³/mol. The highest BCUT2D eigenvalue weighted by molar-refractivity contribution is 7.89. The fraction of sp³-hybridized carbons (Fsp3) is 0.609. The summed E-state index contributed by atoms with van der Waals surface area (Å²) >= 11 is 0. The van der Waals surface area contributed by atoms with E-state index in [1.54, 1.807) is 24.0 Å². The van der Waals surface area contributed by atoms with Crippen LogP contribution in [-0.4, -0.2) is 86.7 Å². The van der Waals surface area contributed by atoms with E-state index >= 15 is 0 Å². The monoisotopic (exact) mass is 479 g/mol. The van der Waals surface area contributed by atoms with E-state index in [1.165, 1.54) is 28.4 Å². The molecule has 33 heavy (non-hydrogen) atoms. The summed E-state index contributed by atoms with van der Waals surface area (Å²) in [5.74, 6) is -1.33. The van der Waals surface area contributed by atoms with Crippen molar-refractivity contribution in [2.45, 2.75) is 43.9 Å². The lowest BCUT2D eigenvalue weighted by atomic mass is 9.98. The lowest BCUT2D eigenvalue weighted by Gasteiger charge is -2.32. The van der Waals surface area contributed by atoms with Crippen molar-refractivity contribution in [2.24, 2.45) is 5.92 Å². The molecule has 1 aromatic rings. The number of rotatable bonds is 7. The van der Waals surface area contributed by atoms with Crippen molar-refractivity contribution in [1.82, 2.24) is 14.1 Å². The maximum atomic E-state index is 13.0. The third kappa shape index (κ3) is 6.11. The summed E-state index contributed by atoms with van der Waals surface area (Å²) in [6, 6.07) is 5.98. The number of hydrogen-bond acceptors (Lipinski definition) is 6. The highest BCUT2D eigenvalue weighted by Crippen LogP contribution is 2.22. The van der Waals surface area contributed by atoms with Crippen molar-refractivity contribution >= 4 is 27.8 Å². The van der Waals surface area contributed by atoms with Crippen molar-refractivity contribution in [3.8, 4) is 0 Å². The topological polar surface area (TPSA) is 104 Å². The SMILES string of the molecule is CCOC(=O)C1CCCN(C(=O)CN(C)C(=O)c2cccc(S(=O)(=O)N3CCCCC3)c2)C1. The third-order valence-corrected chi connectivity index (χ3v) is 8.04. The molecule has 182 valence electrons. The van der Waals surface area contributed by atoms with Gasteiger partial charge in [-0.05, 0) is 50.8 Å². The van der Waals surface area contributed by atoms with E-state index in [2.05, 4.69) is 0 Å². The van der Waals surface area contributed by atoms with E-state index in [0.29, 0.717) is 39.1 Å². The molecule has 10 heteroatoms. The zero-order valence-corrected chi connectivity index (χ0v) is 20.2. The maximum Gasteiger partial charge on any atom is 0.310 e. The van der Waals surface area contributed by atoms with Crippen molar-refractivity contribution in [3.05, 3.63) is 29.8 Å². The molecule has 2 saturated heterocycles. The molecule has 0 saturated carbocycles. The molecule has 0 N–H and O–H groups in total. The van der Waals surface area contributed by atoms with Crippen LogP contribution in [0.25, 0.3) is 0 Å². The first-order valence-corrected chi connectivity index (χ1v) is 13.0. The van der Waals surface area contributed by atoms with Gasteiger partial charge in [-0.1, -0.05) is 12.5 Å². The predicted octanol–water partition coefficient (Wildman–Crippen LogP) is 1.73. The Morgan fingerprint density at radius 1 is 1.09 bits per heavy atom. The van der Waals surface area contributed by atoms with Crippen LogP contribution in [-0.2, 0) is 24.3 Å². The van der Waals surface area contributed by atoms with Crippen molar-refractivity contribution in [3.63, 3.8) is 0 Å². The summed E-state index contributed by atoms with van der Waals surface area (Å²) in [6.45, 7) is 3.67. The van der Waals surface area contributed by atoms with E-state index < -0.39 is 15.9 Å². The quantitative estimate of drug-likeness (QED) is 0.552. The number of piperidine rings is 2. The van der Waals surface area contributed by atoms with Crippen LogP contribution in [0.15, 0.2) is 29.2 Å². The van der Waals surface area contributed by atoms with Crippen LogP contribution in [0.5, 0.6) is 0 Å². The Balaban J connectivity index is 1.64. The number of carbonyl (C=O) groups is 3. The Hall–Kier alpha value is -2.46. The fourth-order valence-corrected chi connectivity index (χ4v) is 5.86. The minimum atomic E-state index is -3.66. The molecule has 2 amide bonds. The molecule has 2 heterocycles. The summed E-state index contributed by atoms with van der Waals surface area (Å²) in [5.41, 5.74) is 0.214. The van der Waals surface area contributed by atoms with Gasteiger partial charge in [-0.15, -0.1) is 0 Å². The molecule has 2 aliphatic rings. The Kier molecular flexibility index (Phi) is 8.47. The number of carbonyl (C=O) groups excluding carboxylic acids is 3. The fourth-order valence-electron chi connectivity index (χ4n) is 4.30. The molecule has 1 aromatic carbocycles. The van der Waals surface area contributed by atoms with Gasteiger partial charge in [0.1, 0.15) is 0 Å². The number of hydrogen-bond donors (Lipinski definition) is 0. The molecule has 0 aliphatic carbocycles. The van der Waals surface area contributed by atoms with Crippen LogP contribution in [0, 0.1) is 5.92 Å². The first-order chi connectivity index (χ1) is 15.7. The molecule has 0 spiro atoms. The lowest BCUT2D eigenvalue weighted by Crippen LogP contribution is -2.47. The minimum absolute atomic E-state index is 0.0864. The van der Waals surface area contributed by atoms with E-state index in [4.69, 9.17) is 4.74 Å². The second-order valence-corrected chi connectivity index (χ2v) is 10.5. The molecule has 2 aliphatic heterocycles. The second-order valence-electron chi connectivity index (χ2n) is 8.58. The van der Waals surface area contributed by atoms with Gasteiger partial charge in [0, 0.05) is 38.8 Å². The Morgan fingerprint density at radius 3 is 2.52 bits per heavy atom. The third-order valence-electron chi connectivity index (χ3n) is 6.15. The Bertz CT molecular complexity index is 974. The molecule has 0 bridgehead atoms. The minimum Gasteiger partial charge on any atom is -0.466 e. The zero-order chi connectivity index (χ0) is 24.0. The molecule has 0 radical (unpaired) electrons. The van der Waals surface area contributed by atoms with Gasteiger partial charge in [0.2, 0.25) is 15.9 Å². The van der Waals surface area contributed by atoms with Gasteiger partial charge < -0.3 is 14.5 Å². The smallest absolute Gasteiger partial charge is 0.310 e. The maximum absolute atomic E-state index is 13.0. The number of likely N-dealkylation sites (tertiary alicyclic amines) is 1. The first-order valence-electron chi connectivity index (χ1n) is 11.5. The van der Waals surface area contributed by atoms with Gasteiger partial charge in [-0.3, -0.25) is 14.4 Å². The van der Waals surface area contributed by atoms with Crippen LogP contribution in [0.2, 0.25) is 0 Å². The van der Waals surface area contributed by atoms with Gasteiger partial charge in [0.05, 0.1) is 24.0 Å². The summed E-state index contributed by atoms with van der Waals surface area (Å²) in [6.07, 6.45) is 4.05. The van der Waals surface area contributed by atoms with Gasteiger partial charge >= 0.3 is 5.97 Å². The zero-order valence-electron chi connectivity index (χ0n) is 19.4. The van der Waals surface area contributed by atoms with Crippen molar-refractivity contribution in [2.75, 3.05) is 46.4 Å². The summed E-state index contributed by atoms with van der Waals surface area (Å²) in [5, 5.41) is 0. The molecular weight excluding hydrogens is 446 g/mol. The van der Waals surface area contributed by atoms with Crippen molar-refractivity contribution in [1.29, 1.82) is 0 Å². The van der Waals surface area contributed by atoms with E-state index in [0.717, 1.165) is 19.3 Å². The average molecular weight is 480 g/mol. The molecular formula is C23H33N3O6S. The number of nitrogens with zero attached hydrogens (tertiary/aromatic N) is 3. The normalized spacial score (nSPS) is 19.7. The largest absolute Gasteiger partial charge is 0.466 e. The standard InChI is InChI=1S/C23H33N3O6S/c1-3-32-23(29)19-10-8-12-25(16-19)21(27)17-24(2)22(28)18-9-7-11-20(15-18)33(30,31)26-13-5-4-6-14-26/h7,9,11,15,19H,3-6,8,10,12-14,16-17H2,1-2H3. The van der Waals surface area contributed by atoms with Crippen LogP contribution in [0.3, 0.4) is 0 Å². The first kappa shape index (κ1) is 25.2. The highest BCUT2D eigenvalue weighted by Gasteiger charge is 2.31. The molecule has 2 fully saturated rings. The molecule has 3 rings (SSSR count). The lowest BCUT2D eigenvalue weighted by molar-refractivity contribution is -0.151. The highest BCUT2D eigenvalue weighted by atomic mass is 32.2. The van der Waals surface area contributed by atoms with Crippen LogP contribution in [0.1, 0.15) is 49.4 Å². The molecule has 1 unspecified atom stereocenters. The Labute approximate surface area is 195 Å². The summed E-state index contributed by atoms with van der Waals surface area (Å²) in [7, 11) is -2.15. The van der Waals surface area contributed by atoms with E-state index in [1.807, 2.05) is 0 Å². The molecule has 1 atom stereocenters. The summed E-state index contributed by atoms with van der Waals surface area (Å²) < 4.78 is 32.4. The number of sulfonamides is 1. The van der Waals surface area contributed by atoms with Gasteiger partial charge in [0.15, 0.2) is 0 Å². The van der Waals surface area contributed by atoms with E-state index in [-0.39, 0.29) is 41.3 Å². The van der Waals surface area contributed by atoms with Gasteiger partial charge in [0.25, 0.3) is 5.91 Å². The number of esters is 1. The van der Waals surface area contributed by atoms with Crippen LogP contribution >= 0.6 is 0 Å². The number of amides is 2. The van der Waals surface area contributed by atoms with Crippen molar-refractivity contribution < 1.29 is 27.5 Å². The summed E-state index contributed by atoms with van der Waals surface area (Å²) in [4.78, 5) is 40.7. The molecule has 9 nitrogen and oxygen atoms in total. The second kappa shape index (κ2) is 11.1. The number of benzene rings is 1. The Morgan fingerprint density at radius 2 is 1.82 bits per heavy atom. The van der Waals surface area contributed by atoms with E-state index in [9.17, 15) is 22.8 Å². The molecule has 0 aromatic heterocycles. The number of ether oxygens (including phenoxy) is 1.